The van der Waals surface area contributed by atoms with E-state index in [1.165, 1.54) is 37.2 Å². The molecule has 1 N–H and O–H groups in total. The Morgan fingerprint density at radius 1 is 1.03 bits per heavy atom. The smallest absolute Gasteiger partial charge is 0.253 e. The number of piperidine rings is 1. The van der Waals surface area contributed by atoms with Crippen molar-refractivity contribution in [1.29, 1.82) is 0 Å². The number of carbonyl (C=O) groups is 1. The van der Waals surface area contributed by atoms with Crippen molar-refractivity contribution in [3.63, 3.8) is 0 Å². The van der Waals surface area contributed by atoms with Gasteiger partial charge in [-0.2, -0.15) is 0 Å². The van der Waals surface area contributed by atoms with E-state index < -0.39 is 0 Å². The molecule has 1 saturated heterocycles. The topological polar surface area (TPSA) is 53.4 Å². The normalized spacial score (nSPS) is 14.4. The number of thiophene rings is 1. The van der Waals surface area contributed by atoms with Gasteiger partial charge in [-0.15, -0.1) is 11.3 Å². The Labute approximate surface area is 220 Å². The van der Waals surface area contributed by atoms with E-state index >= 15 is 0 Å². The van der Waals surface area contributed by atoms with Gasteiger partial charge in [-0.25, -0.2) is 4.98 Å². The molecular formula is C29H43N5OS. The summed E-state index contributed by atoms with van der Waals surface area (Å²) in [6, 6.07) is 10.3. The minimum Gasteiger partial charge on any atom is -0.351 e. The molecule has 1 aliphatic rings. The summed E-state index contributed by atoms with van der Waals surface area (Å²) >= 11 is 1.76. The summed E-state index contributed by atoms with van der Waals surface area (Å²) < 4.78 is 2.30. The lowest BCUT2D eigenvalue weighted by Gasteiger charge is -2.26. The van der Waals surface area contributed by atoms with E-state index in [0.717, 1.165) is 87.4 Å². The molecule has 0 bridgehead atoms. The summed E-state index contributed by atoms with van der Waals surface area (Å²) in [5.41, 5.74) is 2.78. The number of fused-ring (bicyclic) bond motifs is 1. The molecule has 0 saturated carbocycles. The van der Waals surface area contributed by atoms with Gasteiger partial charge in [-0.05, 0) is 81.4 Å². The molecule has 6 nitrogen and oxygen atoms in total. The highest BCUT2D eigenvalue weighted by Crippen LogP contribution is 2.24. The van der Waals surface area contributed by atoms with Gasteiger partial charge in [-0.1, -0.05) is 39.2 Å². The predicted octanol–water partition coefficient (Wildman–Crippen LogP) is 6.63. The van der Waals surface area contributed by atoms with E-state index in [1.807, 2.05) is 17.0 Å². The number of rotatable bonds is 14. The van der Waals surface area contributed by atoms with Crippen LogP contribution in [0.25, 0.3) is 11.0 Å². The lowest BCUT2D eigenvalue weighted by molar-refractivity contribution is 0.0751. The van der Waals surface area contributed by atoms with E-state index in [-0.39, 0.29) is 5.91 Å². The summed E-state index contributed by atoms with van der Waals surface area (Å²) in [5.74, 6) is 1.04. The van der Waals surface area contributed by atoms with Crippen LogP contribution in [0, 0.1) is 0 Å². The Bertz CT molecular complexity index is 1060. The van der Waals surface area contributed by atoms with Crippen LogP contribution >= 0.6 is 11.3 Å². The number of nitrogens with zero attached hydrogens (tertiary/aromatic N) is 4. The van der Waals surface area contributed by atoms with Crippen LogP contribution in [-0.4, -0.2) is 58.0 Å². The third kappa shape index (κ3) is 7.10. The van der Waals surface area contributed by atoms with Gasteiger partial charge in [-0.3, -0.25) is 4.79 Å². The number of aromatic nitrogens is 2. The number of anilines is 1. The number of carbonyl (C=O) groups excluding carboxylic acids is 1. The number of nitrogens with one attached hydrogen (secondary N) is 1. The Balaban J connectivity index is 1.56. The van der Waals surface area contributed by atoms with Crippen molar-refractivity contribution in [2.75, 3.05) is 38.0 Å². The third-order valence-corrected chi connectivity index (χ3v) is 8.03. The highest BCUT2D eigenvalue weighted by Gasteiger charge is 2.19. The number of aryl methyl sites for hydroxylation is 1. The van der Waals surface area contributed by atoms with E-state index in [9.17, 15) is 4.79 Å². The standard InChI is InChI=1S/C29H43N5OS/c1-3-5-18-33(19-6-4-2)28(35)24-13-14-26-27(22-24)34(20-11-17-32-15-8-7-9-16-32)29(31-26)30-23-25-12-10-21-36-25/h10,12-14,21-22H,3-9,11,15-20,23H2,1-2H3,(H,30,31). The maximum atomic E-state index is 13.5. The molecule has 3 heterocycles. The molecule has 0 radical (unpaired) electrons. The van der Waals surface area contributed by atoms with Crippen molar-refractivity contribution in [2.24, 2.45) is 0 Å². The minimum atomic E-state index is 0.146. The first kappa shape index (κ1) is 26.7. The van der Waals surface area contributed by atoms with Crippen LogP contribution in [0.5, 0.6) is 0 Å². The SMILES string of the molecule is CCCCN(CCCC)C(=O)c1ccc2nc(NCc3cccs3)n(CCCN3CCCCC3)c2c1. The van der Waals surface area contributed by atoms with Crippen LogP contribution in [0.3, 0.4) is 0 Å². The Kier molecular flexibility index (Phi) is 10.2. The molecule has 7 heteroatoms. The quantitative estimate of drug-likeness (QED) is 0.265. The molecule has 0 unspecified atom stereocenters. The first-order valence-electron chi connectivity index (χ1n) is 14.0. The maximum absolute atomic E-state index is 13.5. The summed E-state index contributed by atoms with van der Waals surface area (Å²) in [7, 11) is 0. The maximum Gasteiger partial charge on any atom is 0.253 e. The van der Waals surface area contributed by atoms with Crippen molar-refractivity contribution in [3.8, 4) is 0 Å². The monoisotopic (exact) mass is 509 g/mol. The second-order valence-electron chi connectivity index (χ2n) is 9.98. The lowest BCUT2D eigenvalue weighted by atomic mass is 10.1. The van der Waals surface area contributed by atoms with E-state index in [0.29, 0.717) is 0 Å². The van der Waals surface area contributed by atoms with Gasteiger partial charge in [0.05, 0.1) is 17.6 Å². The molecule has 0 spiro atoms. The molecule has 1 aromatic carbocycles. The summed E-state index contributed by atoms with van der Waals surface area (Å²) in [5, 5.41) is 5.68. The summed E-state index contributed by atoms with van der Waals surface area (Å²) in [6.45, 7) is 11.2. The van der Waals surface area contributed by atoms with E-state index in [2.05, 4.69) is 52.2 Å². The van der Waals surface area contributed by atoms with Crippen LogP contribution in [0.4, 0.5) is 5.95 Å². The minimum absolute atomic E-state index is 0.146. The Morgan fingerprint density at radius 3 is 2.50 bits per heavy atom. The molecule has 1 aliphatic heterocycles. The highest BCUT2D eigenvalue weighted by molar-refractivity contribution is 7.09. The van der Waals surface area contributed by atoms with Gasteiger partial charge in [0.15, 0.2) is 0 Å². The molecule has 4 rings (SSSR count). The number of unbranched alkanes of at least 4 members (excludes halogenated alkanes) is 2. The number of benzene rings is 1. The number of hydrogen-bond donors (Lipinski definition) is 1. The second-order valence-corrected chi connectivity index (χ2v) is 11.0. The van der Waals surface area contributed by atoms with E-state index in [1.54, 1.807) is 11.3 Å². The van der Waals surface area contributed by atoms with E-state index in [4.69, 9.17) is 4.98 Å². The summed E-state index contributed by atoms with van der Waals surface area (Å²) in [6.07, 6.45) is 9.36. The second kappa shape index (κ2) is 13.8. The van der Waals surface area contributed by atoms with Gasteiger partial charge in [0.2, 0.25) is 5.95 Å². The van der Waals surface area contributed by atoms with Crippen molar-refractivity contribution in [2.45, 2.75) is 78.3 Å². The van der Waals surface area contributed by atoms with Crippen LogP contribution in [0.1, 0.15) is 80.4 Å². The molecule has 1 amide bonds. The molecule has 3 aromatic rings. The average molecular weight is 510 g/mol. The third-order valence-electron chi connectivity index (χ3n) is 7.15. The number of amides is 1. The van der Waals surface area contributed by atoms with Gasteiger partial charge < -0.3 is 19.7 Å². The summed E-state index contributed by atoms with van der Waals surface area (Å²) in [4.78, 5) is 24.4. The first-order chi connectivity index (χ1) is 17.7. The molecule has 0 aliphatic carbocycles. The molecule has 0 atom stereocenters. The number of imidazole rings is 1. The molecular weight excluding hydrogens is 466 g/mol. The van der Waals surface area contributed by atoms with Crippen molar-refractivity contribution in [1.82, 2.24) is 19.4 Å². The van der Waals surface area contributed by atoms with Gasteiger partial charge >= 0.3 is 0 Å². The van der Waals surface area contributed by atoms with Crippen LogP contribution in [-0.2, 0) is 13.1 Å². The zero-order valence-corrected chi connectivity index (χ0v) is 23.0. The largest absolute Gasteiger partial charge is 0.351 e. The average Bonchev–Trinajstić information content (AvgIpc) is 3.55. The van der Waals surface area contributed by atoms with Crippen molar-refractivity contribution < 1.29 is 4.79 Å². The fourth-order valence-corrected chi connectivity index (χ4v) is 5.67. The first-order valence-corrected chi connectivity index (χ1v) is 14.9. The number of hydrogen-bond acceptors (Lipinski definition) is 5. The Hall–Kier alpha value is -2.38. The molecule has 1 fully saturated rings. The van der Waals surface area contributed by atoms with Crippen molar-refractivity contribution in [3.05, 3.63) is 46.2 Å². The Morgan fingerprint density at radius 2 is 1.81 bits per heavy atom. The fraction of sp³-hybridized carbons (Fsp3) is 0.586. The number of likely N-dealkylation sites (tertiary alicyclic amines) is 1. The molecule has 36 heavy (non-hydrogen) atoms. The fourth-order valence-electron chi connectivity index (χ4n) is 5.03. The molecule has 2 aromatic heterocycles. The zero-order chi connectivity index (χ0) is 25.2. The van der Waals surface area contributed by atoms with Gasteiger partial charge in [0.25, 0.3) is 5.91 Å². The van der Waals surface area contributed by atoms with Crippen molar-refractivity contribution >= 4 is 34.2 Å². The zero-order valence-electron chi connectivity index (χ0n) is 22.2. The predicted molar refractivity (Wildman–Crippen MR) is 152 cm³/mol. The highest BCUT2D eigenvalue weighted by atomic mass is 32.1. The van der Waals surface area contributed by atoms with Crippen LogP contribution in [0.2, 0.25) is 0 Å². The van der Waals surface area contributed by atoms with Crippen LogP contribution < -0.4 is 5.32 Å². The molecule has 196 valence electrons. The lowest BCUT2D eigenvalue weighted by Crippen LogP contribution is -2.33. The van der Waals surface area contributed by atoms with Crippen LogP contribution in [0.15, 0.2) is 35.7 Å². The van der Waals surface area contributed by atoms with Gasteiger partial charge in [0, 0.05) is 30.1 Å². The van der Waals surface area contributed by atoms with Gasteiger partial charge in [0.1, 0.15) is 0 Å².